The van der Waals surface area contributed by atoms with E-state index < -0.39 is 17.5 Å². The van der Waals surface area contributed by atoms with E-state index in [-0.39, 0.29) is 5.91 Å². The quantitative estimate of drug-likeness (QED) is 0.652. The first-order valence-corrected chi connectivity index (χ1v) is 6.44. The van der Waals surface area contributed by atoms with Gasteiger partial charge in [0.25, 0.3) is 5.91 Å². The zero-order valence-corrected chi connectivity index (χ0v) is 10.6. The molecule has 2 aromatic rings. The molecule has 0 aliphatic carbocycles. The van der Waals surface area contributed by atoms with Crippen LogP contribution in [0.2, 0.25) is 0 Å². The lowest BCUT2D eigenvalue weighted by atomic mass is 9.96. The lowest BCUT2D eigenvalue weighted by Crippen LogP contribution is -2.41. The Morgan fingerprint density at radius 3 is 3.00 bits per heavy atom. The van der Waals surface area contributed by atoms with Gasteiger partial charge in [0.2, 0.25) is 5.91 Å². The van der Waals surface area contributed by atoms with Crippen LogP contribution in [0.5, 0.6) is 0 Å². The number of nitrogens with zero attached hydrogens (tertiary/aromatic N) is 2. The minimum absolute atomic E-state index is 0.137. The molecule has 1 saturated heterocycles. The molecule has 2 amide bonds. The third-order valence-electron chi connectivity index (χ3n) is 4.16. The predicted octanol–water partition coefficient (Wildman–Crippen LogP) is -0.469. The van der Waals surface area contributed by atoms with Gasteiger partial charge in [-0.3, -0.25) is 9.59 Å². The highest BCUT2D eigenvalue weighted by Crippen LogP contribution is 2.40. The third-order valence-corrected chi connectivity index (χ3v) is 4.16. The van der Waals surface area contributed by atoms with Crippen LogP contribution in [0, 0.1) is 0 Å². The highest BCUT2D eigenvalue weighted by atomic mass is 16.2. The van der Waals surface area contributed by atoms with E-state index in [1.807, 2.05) is 24.3 Å². The van der Waals surface area contributed by atoms with Crippen molar-refractivity contribution < 1.29 is 9.59 Å². The van der Waals surface area contributed by atoms with Crippen LogP contribution in [0.4, 0.5) is 5.82 Å². The molecule has 0 bridgehead atoms. The topological polar surface area (TPSA) is 102 Å². The summed E-state index contributed by atoms with van der Waals surface area (Å²) in [5.41, 5.74) is 5.30. The Hall–Kier alpha value is -2.41. The van der Waals surface area contributed by atoms with Crippen molar-refractivity contribution in [2.75, 3.05) is 11.9 Å². The van der Waals surface area contributed by atoms with Gasteiger partial charge < -0.3 is 16.4 Å². The van der Waals surface area contributed by atoms with Gasteiger partial charge in [0.1, 0.15) is 5.82 Å². The number of hydrogen-bond acceptors (Lipinski definition) is 4. The summed E-state index contributed by atoms with van der Waals surface area (Å²) in [4.78, 5) is 23.7. The SMILES string of the molecule is NC(=O)[C@@H]1C[C@@]2(CN1)C(=O)Nc1c3ccccc3nn12. The summed E-state index contributed by atoms with van der Waals surface area (Å²) in [5.74, 6) is 0.111. The van der Waals surface area contributed by atoms with Gasteiger partial charge in [0.05, 0.1) is 11.6 Å². The molecule has 1 aromatic carbocycles. The Balaban J connectivity index is 1.88. The average molecular weight is 271 g/mol. The van der Waals surface area contributed by atoms with Gasteiger partial charge in [-0.25, -0.2) is 4.68 Å². The van der Waals surface area contributed by atoms with E-state index in [0.29, 0.717) is 18.8 Å². The number of fused-ring (bicyclic) bond motifs is 4. The number of hydrogen-bond donors (Lipinski definition) is 3. The maximum Gasteiger partial charge on any atom is 0.255 e. The molecule has 0 saturated carbocycles. The van der Waals surface area contributed by atoms with Crippen LogP contribution in [0.1, 0.15) is 6.42 Å². The first-order valence-electron chi connectivity index (χ1n) is 6.44. The molecule has 1 spiro atoms. The largest absolute Gasteiger partial charge is 0.368 e. The summed E-state index contributed by atoms with van der Waals surface area (Å²) in [6.07, 6.45) is 0.329. The number of carbonyl (C=O) groups excluding carboxylic acids is 2. The van der Waals surface area contributed by atoms with Crippen LogP contribution in [-0.4, -0.2) is 34.2 Å². The van der Waals surface area contributed by atoms with Crippen molar-refractivity contribution in [2.45, 2.75) is 18.0 Å². The standard InChI is InChI=1S/C13H13N5O2/c14-10(19)9-5-13(6-15-9)12(20)16-11-7-3-1-2-4-8(7)17-18(11)13/h1-4,9,15H,5-6H2,(H2,14,19)(H,16,20)/t9-,13+/m0/s1. The first kappa shape index (κ1) is 11.4. The van der Waals surface area contributed by atoms with E-state index in [1.54, 1.807) is 4.68 Å². The molecule has 1 fully saturated rings. The van der Waals surface area contributed by atoms with Gasteiger partial charge >= 0.3 is 0 Å². The van der Waals surface area contributed by atoms with Crippen molar-refractivity contribution in [3.8, 4) is 0 Å². The second kappa shape index (κ2) is 3.57. The fourth-order valence-electron chi connectivity index (χ4n) is 3.09. The third kappa shape index (κ3) is 1.25. The lowest BCUT2D eigenvalue weighted by molar-refractivity contribution is -0.123. The minimum atomic E-state index is -0.853. The van der Waals surface area contributed by atoms with Crippen molar-refractivity contribution in [1.82, 2.24) is 15.1 Å². The molecule has 1 aromatic heterocycles. The molecule has 2 atom stereocenters. The molecule has 2 aliphatic heterocycles. The molecule has 2 aliphatic rings. The summed E-state index contributed by atoms with van der Waals surface area (Å²) in [6, 6.07) is 7.12. The number of nitrogens with one attached hydrogen (secondary N) is 2. The van der Waals surface area contributed by atoms with Crippen molar-refractivity contribution in [1.29, 1.82) is 0 Å². The Morgan fingerprint density at radius 2 is 2.25 bits per heavy atom. The van der Waals surface area contributed by atoms with Crippen molar-refractivity contribution >= 4 is 28.5 Å². The molecule has 4 N–H and O–H groups in total. The average Bonchev–Trinajstić information content (AvgIpc) is 3.07. The normalized spacial score (nSPS) is 28.0. The van der Waals surface area contributed by atoms with Gasteiger partial charge in [-0.05, 0) is 12.1 Å². The van der Waals surface area contributed by atoms with Gasteiger partial charge in [-0.2, -0.15) is 5.10 Å². The molecular formula is C13H13N5O2. The number of aromatic nitrogens is 2. The van der Waals surface area contributed by atoms with Crippen molar-refractivity contribution in [2.24, 2.45) is 5.73 Å². The number of anilines is 1. The number of carbonyl (C=O) groups is 2. The highest BCUT2D eigenvalue weighted by Gasteiger charge is 2.54. The molecule has 102 valence electrons. The summed E-state index contributed by atoms with van der Waals surface area (Å²) in [6.45, 7) is 0.355. The monoisotopic (exact) mass is 271 g/mol. The Bertz CT molecular complexity index is 752. The van der Waals surface area contributed by atoms with E-state index in [4.69, 9.17) is 5.73 Å². The molecule has 0 radical (unpaired) electrons. The van der Waals surface area contributed by atoms with E-state index in [0.717, 1.165) is 10.9 Å². The molecule has 7 heteroatoms. The maximum absolute atomic E-state index is 12.4. The molecular weight excluding hydrogens is 258 g/mol. The van der Waals surface area contributed by atoms with Gasteiger partial charge in [0.15, 0.2) is 5.54 Å². The van der Waals surface area contributed by atoms with E-state index in [1.165, 1.54) is 0 Å². The fourth-order valence-corrected chi connectivity index (χ4v) is 3.09. The van der Waals surface area contributed by atoms with Crippen LogP contribution >= 0.6 is 0 Å². The summed E-state index contributed by atoms with van der Waals surface area (Å²) < 4.78 is 1.70. The number of primary amides is 1. The minimum Gasteiger partial charge on any atom is -0.368 e. The molecule has 7 nitrogen and oxygen atoms in total. The summed E-state index contributed by atoms with van der Waals surface area (Å²) in [7, 11) is 0. The van der Waals surface area contributed by atoms with Crippen LogP contribution in [0.15, 0.2) is 24.3 Å². The van der Waals surface area contributed by atoms with E-state index in [9.17, 15) is 9.59 Å². The smallest absolute Gasteiger partial charge is 0.255 e. The highest BCUT2D eigenvalue weighted by molar-refractivity contribution is 6.08. The zero-order valence-electron chi connectivity index (χ0n) is 10.6. The van der Waals surface area contributed by atoms with Crippen LogP contribution in [0.3, 0.4) is 0 Å². The second-order valence-corrected chi connectivity index (χ2v) is 5.30. The second-order valence-electron chi connectivity index (χ2n) is 5.30. The zero-order chi connectivity index (χ0) is 13.9. The first-order chi connectivity index (χ1) is 9.62. The van der Waals surface area contributed by atoms with Crippen LogP contribution in [-0.2, 0) is 15.1 Å². The van der Waals surface area contributed by atoms with Crippen molar-refractivity contribution in [3.63, 3.8) is 0 Å². The number of benzene rings is 1. The molecule has 0 unspecified atom stereocenters. The van der Waals surface area contributed by atoms with E-state index in [2.05, 4.69) is 15.7 Å². The Morgan fingerprint density at radius 1 is 1.45 bits per heavy atom. The van der Waals surface area contributed by atoms with Gasteiger partial charge in [0, 0.05) is 18.4 Å². The number of amides is 2. The summed E-state index contributed by atoms with van der Waals surface area (Å²) >= 11 is 0. The summed E-state index contributed by atoms with van der Waals surface area (Å²) in [5, 5.41) is 11.3. The Labute approximate surface area is 114 Å². The molecule has 20 heavy (non-hydrogen) atoms. The number of nitrogens with two attached hydrogens (primary N) is 1. The molecule has 3 heterocycles. The van der Waals surface area contributed by atoms with E-state index >= 15 is 0 Å². The lowest BCUT2D eigenvalue weighted by Gasteiger charge is -2.20. The van der Waals surface area contributed by atoms with Crippen LogP contribution < -0.4 is 16.4 Å². The predicted molar refractivity (Wildman–Crippen MR) is 71.9 cm³/mol. The van der Waals surface area contributed by atoms with Gasteiger partial charge in [-0.15, -0.1) is 0 Å². The Kier molecular flexibility index (Phi) is 2.04. The number of rotatable bonds is 1. The maximum atomic E-state index is 12.4. The van der Waals surface area contributed by atoms with Crippen molar-refractivity contribution in [3.05, 3.63) is 24.3 Å². The fraction of sp³-hybridized carbons (Fsp3) is 0.308. The molecule has 4 rings (SSSR count). The van der Waals surface area contributed by atoms with Crippen LogP contribution in [0.25, 0.3) is 10.9 Å². The van der Waals surface area contributed by atoms with Gasteiger partial charge in [-0.1, -0.05) is 12.1 Å².